The van der Waals surface area contributed by atoms with Gasteiger partial charge in [0.2, 0.25) is 5.91 Å². The molecule has 0 bridgehead atoms. The molecule has 2 atom stereocenters. The van der Waals surface area contributed by atoms with Crippen LogP contribution in [0.5, 0.6) is 11.5 Å². The molecule has 1 amide bonds. The second kappa shape index (κ2) is 8.01. The van der Waals surface area contributed by atoms with Gasteiger partial charge in [0.1, 0.15) is 11.5 Å². The molecular weight excluding hydrogens is 312 g/mol. The highest BCUT2D eigenvalue weighted by Gasteiger charge is 2.30. The third-order valence-corrected chi connectivity index (χ3v) is 4.40. The van der Waals surface area contributed by atoms with E-state index in [0.717, 1.165) is 13.0 Å². The predicted molar refractivity (Wildman–Crippen MR) is 89.6 cm³/mol. The van der Waals surface area contributed by atoms with Gasteiger partial charge in [-0.15, -0.1) is 0 Å². The van der Waals surface area contributed by atoms with E-state index in [9.17, 15) is 14.7 Å². The second-order valence-corrected chi connectivity index (χ2v) is 5.90. The fraction of sp³-hybridized carbons (Fsp3) is 0.529. The number of likely N-dealkylation sites (tertiary alicyclic amines) is 1. The molecule has 7 nitrogen and oxygen atoms in total. The molecule has 1 aromatic carbocycles. The number of hydrogen-bond donors (Lipinski definition) is 2. The third-order valence-electron chi connectivity index (χ3n) is 4.40. The first-order valence-electron chi connectivity index (χ1n) is 7.96. The van der Waals surface area contributed by atoms with Gasteiger partial charge in [0.25, 0.3) is 0 Å². The fourth-order valence-corrected chi connectivity index (χ4v) is 2.86. The van der Waals surface area contributed by atoms with Crippen molar-refractivity contribution in [3.63, 3.8) is 0 Å². The minimum Gasteiger partial charge on any atom is -0.497 e. The topological polar surface area (TPSA) is 88.1 Å². The second-order valence-electron chi connectivity index (χ2n) is 5.90. The van der Waals surface area contributed by atoms with Crippen molar-refractivity contribution in [2.75, 3.05) is 32.6 Å². The molecule has 1 aliphatic heterocycles. The van der Waals surface area contributed by atoms with Gasteiger partial charge in [-0.25, -0.2) is 0 Å². The number of piperidine rings is 1. The Labute approximate surface area is 141 Å². The number of amides is 1. The Hall–Kier alpha value is -2.28. The van der Waals surface area contributed by atoms with Gasteiger partial charge in [-0.05, 0) is 38.4 Å². The number of benzene rings is 1. The number of carboxylic acids is 1. The largest absolute Gasteiger partial charge is 0.497 e. The molecule has 1 fully saturated rings. The zero-order valence-corrected chi connectivity index (χ0v) is 14.2. The first-order chi connectivity index (χ1) is 11.5. The summed E-state index contributed by atoms with van der Waals surface area (Å²) >= 11 is 0. The number of hydrogen-bond acceptors (Lipinski definition) is 5. The molecule has 0 spiro atoms. The molecule has 1 aliphatic rings. The summed E-state index contributed by atoms with van der Waals surface area (Å²) in [6.07, 6.45) is 1.44. The summed E-state index contributed by atoms with van der Waals surface area (Å²) in [7, 11) is 3.08. The Morgan fingerprint density at radius 2 is 2.08 bits per heavy atom. The number of carbonyl (C=O) groups is 2. The van der Waals surface area contributed by atoms with E-state index < -0.39 is 17.9 Å². The molecule has 2 N–H and O–H groups in total. The maximum Gasteiger partial charge on any atom is 0.307 e. The molecule has 24 heavy (non-hydrogen) atoms. The average molecular weight is 336 g/mol. The number of rotatable bonds is 6. The van der Waals surface area contributed by atoms with Crippen molar-refractivity contribution in [3.05, 3.63) is 18.2 Å². The number of methoxy groups -OCH3 is 2. The zero-order valence-electron chi connectivity index (χ0n) is 14.2. The molecule has 132 valence electrons. The molecule has 1 heterocycles. The van der Waals surface area contributed by atoms with Crippen LogP contribution in [-0.4, -0.2) is 55.2 Å². The Balaban J connectivity index is 2.05. The normalized spacial score (nSPS) is 19.4. The van der Waals surface area contributed by atoms with E-state index in [1.165, 1.54) is 7.11 Å². The quantitative estimate of drug-likeness (QED) is 0.824. The van der Waals surface area contributed by atoms with Gasteiger partial charge in [-0.2, -0.15) is 0 Å². The minimum absolute atomic E-state index is 0.190. The Bertz CT molecular complexity index is 605. The van der Waals surface area contributed by atoms with Crippen LogP contribution >= 0.6 is 0 Å². The van der Waals surface area contributed by atoms with E-state index in [1.807, 2.05) is 4.90 Å². The van der Waals surface area contributed by atoms with Gasteiger partial charge in [0.15, 0.2) is 0 Å². The van der Waals surface area contributed by atoms with E-state index in [1.54, 1.807) is 32.2 Å². The summed E-state index contributed by atoms with van der Waals surface area (Å²) in [6.45, 7) is 2.90. The average Bonchev–Trinajstić information content (AvgIpc) is 2.61. The first kappa shape index (κ1) is 18.1. The molecule has 1 aromatic rings. The predicted octanol–water partition coefficient (Wildman–Crippen LogP) is 1.83. The van der Waals surface area contributed by atoms with Crippen LogP contribution in [0.3, 0.4) is 0 Å². The standard InChI is InChI=1S/C17H24N2O5/c1-11(19-8-4-5-12(10-19)17(21)22)16(20)18-14-7-6-13(23-2)9-15(14)24-3/h6-7,9,11-12H,4-5,8,10H2,1-3H3,(H,18,20)(H,21,22). The van der Waals surface area contributed by atoms with E-state index in [0.29, 0.717) is 30.2 Å². The summed E-state index contributed by atoms with van der Waals surface area (Å²) < 4.78 is 10.4. The maximum absolute atomic E-state index is 12.5. The molecule has 1 saturated heterocycles. The van der Waals surface area contributed by atoms with Crippen LogP contribution in [0.2, 0.25) is 0 Å². The van der Waals surface area contributed by atoms with Crippen LogP contribution in [0.15, 0.2) is 18.2 Å². The summed E-state index contributed by atoms with van der Waals surface area (Å²) in [4.78, 5) is 25.6. The molecule has 0 saturated carbocycles. The number of anilines is 1. The Kier molecular flexibility index (Phi) is 6.03. The van der Waals surface area contributed by atoms with E-state index in [4.69, 9.17) is 9.47 Å². The summed E-state index contributed by atoms with van der Waals surface area (Å²) in [5, 5.41) is 12.0. The highest BCUT2D eigenvalue weighted by molar-refractivity contribution is 5.96. The lowest BCUT2D eigenvalue weighted by molar-refractivity contribution is -0.144. The Morgan fingerprint density at radius 1 is 1.33 bits per heavy atom. The van der Waals surface area contributed by atoms with Crippen molar-refractivity contribution in [1.82, 2.24) is 4.90 Å². The van der Waals surface area contributed by atoms with Crippen LogP contribution in [0, 0.1) is 5.92 Å². The van der Waals surface area contributed by atoms with Crippen molar-refractivity contribution in [2.24, 2.45) is 5.92 Å². The number of aliphatic carboxylic acids is 1. The van der Waals surface area contributed by atoms with Crippen LogP contribution < -0.4 is 14.8 Å². The SMILES string of the molecule is COc1ccc(NC(=O)C(C)N2CCCC(C(=O)O)C2)c(OC)c1. The third kappa shape index (κ3) is 4.17. The molecule has 7 heteroatoms. The number of nitrogens with one attached hydrogen (secondary N) is 1. The summed E-state index contributed by atoms with van der Waals surface area (Å²) in [6, 6.07) is 4.74. The number of nitrogens with zero attached hydrogens (tertiary/aromatic N) is 1. The van der Waals surface area contributed by atoms with Crippen molar-refractivity contribution < 1.29 is 24.2 Å². The molecule has 0 aromatic heterocycles. The minimum atomic E-state index is -0.802. The smallest absolute Gasteiger partial charge is 0.307 e. The van der Waals surface area contributed by atoms with E-state index in [-0.39, 0.29) is 5.91 Å². The van der Waals surface area contributed by atoms with Crippen LogP contribution in [0.1, 0.15) is 19.8 Å². The molecule has 2 unspecified atom stereocenters. The van der Waals surface area contributed by atoms with Gasteiger partial charge in [-0.1, -0.05) is 0 Å². The van der Waals surface area contributed by atoms with Gasteiger partial charge in [0.05, 0.1) is 31.9 Å². The molecule has 2 rings (SSSR count). The van der Waals surface area contributed by atoms with Gasteiger partial charge in [0, 0.05) is 12.6 Å². The summed E-state index contributed by atoms with van der Waals surface area (Å²) in [5.74, 6) is -0.256. The van der Waals surface area contributed by atoms with Crippen molar-refractivity contribution in [1.29, 1.82) is 0 Å². The lowest BCUT2D eigenvalue weighted by Gasteiger charge is -2.34. The van der Waals surface area contributed by atoms with Crippen LogP contribution in [0.4, 0.5) is 5.69 Å². The number of carboxylic acid groups (broad SMARTS) is 1. The van der Waals surface area contributed by atoms with E-state index in [2.05, 4.69) is 5.32 Å². The van der Waals surface area contributed by atoms with Gasteiger partial charge in [-0.3, -0.25) is 14.5 Å². The van der Waals surface area contributed by atoms with Gasteiger partial charge >= 0.3 is 5.97 Å². The van der Waals surface area contributed by atoms with Crippen molar-refractivity contribution in [2.45, 2.75) is 25.8 Å². The lowest BCUT2D eigenvalue weighted by Crippen LogP contribution is -2.48. The molecular formula is C17H24N2O5. The monoisotopic (exact) mass is 336 g/mol. The Morgan fingerprint density at radius 3 is 2.71 bits per heavy atom. The first-order valence-corrected chi connectivity index (χ1v) is 7.96. The lowest BCUT2D eigenvalue weighted by atomic mass is 9.97. The van der Waals surface area contributed by atoms with Crippen LogP contribution in [0.25, 0.3) is 0 Å². The maximum atomic E-state index is 12.5. The van der Waals surface area contributed by atoms with Gasteiger partial charge < -0.3 is 19.9 Å². The summed E-state index contributed by atoms with van der Waals surface area (Å²) in [5.41, 5.74) is 0.557. The number of carbonyl (C=O) groups excluding carboxylic acids is 1. The zero-order chi connectivity index (χ0) is 17.7. The van der Waals surface area contributed by atoms with E-state index >= 15 is 0 Å². The van der Waals surface area contributed by atoms with Crippen molar-refractivity contribution >= 4 is 17.6 Å². The number of ether oxygens (including phenoxy) is 2. The molecule has 0 radical (unpaired) electrons. The van der Waals surface area contributed by atoms with Crippen molar-refractivity contribution in [3.8, 4) is 11.5 Å². The molecule has 0 aliphatic carbocycles. The van der Waals surface area contributed by atoms with Crippen LogP contribution in [-0.2, 0) is 9.59 Å². The highest BCUT2D eigenvalue weighted by Crippen LogP contribution is 2.29. The highest BCUT2D eigenvalue weighted by atomic mass is 16.5. The fourth-order valence-electron chi connectivity index (χ4n) is 2.86.